The van der Waals surface area contributed by atoms with Gasteiger partial charge in [-0.2, -0.15) is 13.2 Å². The van der Waals surface area contributed by atoms with Gasteiger partial charge in [0, 0.05) is 36.8 Å². The summed E-state index contributed by atoms with van der Waals surface area (Å²) in [6, 6.07) is 10.7. The van der Waals surface area contributed by atoms with Crippen LogP contribution in [0.25, 0.3) is 11.1 Å². The minimum atomic E-state index is -5.21. The predicted octanol–water partition coefficient (Wildman–Crippen LogP) is 4.46. The van der Waals surface area contributed by atoms with Gasteiger partial charge in [0.05, 0.1) is 6.61 Å². The predicted molar refractivity (Wildman–Crippen MR) is 124 cm³/mol. The second-order valence-electron chi connectivity index (χ2n) is 8.78. The summed E-state index contributed by atoms with van der Waals surface area (Å²) in [5.41, 5.74) is 1.59. The molecule has 0 aliphatic heterocycles. The molecule has 0 unspecified atom stereocenters. The maximum atomic E-state index is 12.9. The van der Waals surface area contributed by atoms with Crippen LogP contribution in [0.5, 0.6) is 5.75 Å². The van der Waals surface area contributed by atoms with Gasteiger partial charge in [0.15, 0.2) is 0 Å². The Morgan fingerprint density at radius 3 is 2.20 bits per heavy atom. The number of rotatable bonds is 8. The van der Waals surface area contributed by atoms with Gasteiger partial charge in [0.25, 0.3) is 5.79 Å². The smallest absolute Gasteiger partial charge is 0.447 e. The first kappa shape index (κ1) is 26.8. The van der Waals surface area contributed by atoms with E-state index in [9.17, 15) is 28.2 Å². The first-order valence-corrected chi connectivity index (χ1v) is 11.5. The summed E-state index contributed by atoms with van der Waals surface area (Å²) in [6.07, 6.45) is -2.89. The molecule has 4 N–H and O–H groups in total. The number of ether oxygens (including phenoxy) is 1. The summed E-state index contributed by atoms with van der Waals surface area (Å²) >= 11 is 0. The number of nitrogens with one attached hydrogen (secondary N) is 1. The molecule has 0 spiro atoms. The van der Waals surface area contributed by atoms with E-state index < -0.39 is 23.6 Å². The number of benzene rings is 2. The van der Waals surface area contributed by atoms with Crippen LogP contribution < -0.4 is 10.1 Å². The minimum Gasteiger partial charge on any atom is -0.494 e. The van der Waals surface area contributed by atoms with Crippen molar-refractivity contribution in [2.75, 3.05) is 13.7 Å². The maximum Gasteiger partial charge on any atom is 0.447 e. The molecule has 0 radical (unpaired) electrons. The summed E-state index contributed by atoms with van der Waals surface area (Å²) in [4.78, 5) is 12.5. The Labute approximate surface area is 202 Å². The molecule has 192 valence electrons. The van der Waals surface area contributed by atoms with Crippen LogP contribution in [-0.4, -0.2) is 58.2 Å². The average Bonchev–Trinajstić information content (AvgIpc) is 2.82. The standard InChI is InChI=1S/C25H31F3N2O5/c1-3-35-22-13-6-17(16-4-7-19(8-5-16)24(33,34)25(26,27)28)14-18(22)15-29-20-9-11-21(12-10-20)30(2)23(31)32/h4-8,13-14,20-21,29,33-34H,3,9-12,15H2,1-2H3,(H,31,32). The van der Waals surface area contributed by atoms with E-state index in [2.05, 4.69) is 5.32 Å². The van der Waals surface area contributed by atoms with Crippen molar-refractivity contribution in [3.63, 3.8) is 0 Å². The first-order valence-electron chi connectivity index (χ1n) is 11.5. The van der Waals surface area contributed by atoms with Crippen LogP contribution in [0.4, 0.5) is 18.0 Å². The molecule has 1 saturated carbocycles. The molecule has 0 heterocycles. The average molecular weight is 497 g/mol. The third-order valence-electron chi connectivity index (χ3n) is 6.50. The molecular weight excluding hydrogens is 465 g/mol. The van der Waals surface area contributed by atoms with E-state index in [1.807, 2.05) is 13.0 Å². The Kier molecular flexibility index (Phi) is 8.30. The highest BCUT2D eigenvalue weighted by atomic mass is 19.4. The second-order valence-corrected chi connectivity index (χ2v) is 8.78. The number of halogens is 3. The van der Waals surface area contributed by atoms with Crippen molar-refractivity contribution in [3.05, 3.63) is 53.6 Å². The van der Waals surface area contributed by atoms with Crippen molar-refractivity contribution < 1.29 is 38.0 Å². The monoisotopic (exact) mass is 496 g/mol. The van der Waals surface area contributed by atoms with Gasteiger partial charge in [-0.3, -0.25) is 0 Å². The first-order chi connectivity index (χ1) is 16.4. The molecule has 0 bridgehead atoms. The van der Waals surface area contributed by atoms with Crippen LogP contribution in [0.1, 0.15) is 43.7 Å². The fourth-order valence-electron chi connectivity index (χ4n) is 4.33. The van der Waals surface area contributed by atoms with Crippen molar-refractivity contribution in [1.29, 1.82) is 0 Å². The lowest BCUT2D eigenvalue weighted by atomic mass is 9.90. The number of hydrogen-bond donors (Lipinski definition) is 4. The molecule has 1 aliphatic rings. The second kappa shape index (κ2) is 10.8. The van der Waals surface area contributed by atoms with E-state index in [1.54, 1.807) is 19.2 Å². The number of hydrogen-bond acceptors (Lipinski definition) is 5. The highest BCUT2D eigenvalue weighted by Crippen LogP contribution is 2.37. The van der Waals surface area contributed by atoms with E-state index in [4.69, 9.17) is 9.84 Å². The highest BCUT2D eigenvalue weighted by Gasteiger charge is 2.54. The van der Waals surface area contributed by atoms with Crippen LogP contribution in [-0.2, 0) is 12.3 Å². The molecule has 10 heteroatoms. The van der Waals surface area contributed by atoms with Crippen LogP contribution in [0, 0.1) is 0 Å². The molecule has 3 rings (SSSR count). The van der Waals surface area contributed by atoms with Crippen molar-refractivity contribution in [1.82, 2.24) is 10.2 Å². The topological polar surface area (TPSA) is 102 Å². The third kappa shape index (κ3) is 6.25. The highest BCUT2D eigenvalue weighted by molar-refractivity contribution is 5.66. The lowest BCUT2D eigenvalue weighted by molar-refractivity contribution is -0.358. The summed E-state index contributed by atoms with van der Waals surface area (Å²) in [6.45, 7) is 2.86. The fraction of sp³-hybridized carbons (Fsp3) is 0.480. The molecule has 0 atom stereocenters. The maximum absolute atomic E-state index is 12.9. The quantitative estimate of drug-likeness (QED) is 0.403. The zero-order valence-corrected chi connectivity index (χ0v) is 19.7. The van der Waals surface area contributed by atoms with E-state index in [0.29, 0.717) is 24.5 Å². The van der Waals surface area contributed by atoms with Crippen molar-refractivity contribution >= 4 is 6.09 Å². The van der Waals surface area contributed by atoms with Gasteiger partial charge >= 0.3 is 12.3 Å². The minimum absolute atomic E-state index is 0.0183. The van der Waals surface area contributed by atoms with Gasteiger partial charge in [-0.25, -0.2) is 4.79 Å². The van der Waals surface area contributed by atoms with E-state index in [1.165, 1.54) is 17.0 Å². The molecule has 7 nitrogen and oxygen atoms in total. The Hall–Kier alpha value is -2.82. The summed E-state index contributed by atoms with van der Waals surface area (Å²) in [5.74, 6) is -3.22. The van der Waals surface area contributed by atoms with E-state index >= 15 is 0 Å². The number of carbonyl (C=O) groups is 1. The lowest BCUT2D eigenvalue weighted by Gasteiger charge is -2.33. The van der Waals surface area contributed by atoms with Crippen molar-refractivity contribution in [2.45, 2.75) is 63.2 Å². The largest absolute Gasteiger partial charge is 0.494 e. The van der Waals surface area contributed by atoms with Gasteiger partial charge in [-0.1, -0.05) is 30.3 Å². The lowest BCUT2D eigenvalue weighted by Crippen LogP contribution is -2.42. The van der Waals surface area contributed by atoms with Crippen molar-refractivity contribution in [3.8, 4) is 16.9 Å². The van der Waals surface area contributed by atoms with Gasteiger partial charge in [0.2, 0.25) is 0 Å². The van der Waals surface area contributed by atoms with Gasteiger partial charge in [-0.15, -0.1) is 0 Å². The molecule has 2 aromatic carbocycles. The molecule has 0 aromatic heterocycles. The zero-order valence-electron chi connectivity index (χ0n) is 19.7. The summed E-state index contributed by atoms with van der Waals surface area (Å²) < 4.78 is 44.4. The van der Waals surface area contributed by atoms with E-state index in [-0.39, 0.29) is 12.1 Å². The molecule has 1 amide bonds. The number of alkyl halides is 3. The van der Waals surface area contributed by atoms with E-state index in [0.717, 1.165) is 48.9 Å². The Morgan fingerprint density at radius 2 is 1.66 bits per heavy atom. The molecule has 2 aromatic rings. The van der Waals surface area contributed by atoms with Crippen LogP contribution in [0.2, 0.25) is 0 Å². The van der Waals surface area contributed by atoms with Crippen LogP contribution in [0.15, 0.2) is 42.5 Å². The molecule has 1 fully saturated rings. The summed E-state index contributed by atoms with van der Waals surface area (Å²) in [5, 5.41) is 31.6. The number of amides is 1. The van der Waals surface area contributed by atoms with Gasteiger partial charge in [0.1, 0.15) is 5.75 Å². The molecular formula is C25H31F3N2O5. The third-order valence-corrected chi connectivity index (χ3v) is 6.50. The Morgan fingerprint density at radius 1 is 1.06 bits per heavy atom. The summed E-state index contributed by atoms with van der Waals surface area (Å²) in [7, 11) is 1.59. The molecule has 35 heavy (non-hydrogen) atoms. The number of aliphatic hydroxyl groups is 2. The Bertz CT molecular complexity index is 1000. The molecule has 0 saturated heterocycles. The molecule has 1 aliphatic carbocycles. The normalized spacial score (nSPS) is 18.8. The fourth-order valence-corrected chi connectivity index (χ4v) is 4.33. The Balaban J connectivity index is 1.72. The van der Waals surface area contributed by atoms with Crippen LogP contribution in [0.3, 0.4) is 0 Å². The van der Waals surface area contributed by atoms with Gasteiger partial charge < -0.3 is 30.3 Å². The number of nitrogens with zero attached hydrogens (tertiary/aromatic N) is 1. The van der Waals surface area contributed by atoms with Crippen molar-refractivity contribution in [2.24, 2.45) is 0 Å². The van der Waals surface area contributed by atoms with Gasteiger partial charge in [-0.05, 0) is 55.9 Å². The SMILES string of the molecule is CCOc1ccc(-c2ccc(C(O)(O)C(F)(F)F)cc2)cc1CNC1CCC(N(C)C(=O)O)CC1. The zero-order chi connectivity index (χ0) is 25.8. The number of carboxylic acid groups (broad SMARTS) is 1. The van der Waals surface area contributed by atoms with Crippen LogP contribution >= 0.6 is 0 Å².